The monoisotopic (exact) mass is 291 g/mol. The minimum atomic E-state index is 0. The summed E-state index contributed by atoms with van der Waals surface area (Å²) < 4.78 is 22.5. The molecular formula is C13H17FeNO3. The van der Waals surface area contributed by atoms with Crippen molar-refractivity contribution in [3.05, 3.63) is 44.3 Å². The fourth-order valence-electron chi connectivity index (χ4n) is 0.610. The van der Waals surface area contributed by atoms with Gasteiger partial charge in [-0.2, -0.15) is 0 Å². The van der Waals surface area contributed by atoms with Crippen molar-refractivity contribution in [1.29, 1.82) is 0 Å². The predicted molar refractivity (Wildman–Crippen MR) is 64.0 cm³/mol. The third kappa shape index (κ3) is 60.5. The van der Waals surface area contributed by atoms with E-state index in [1.54, 1.807) is 0 Å². The van der Waals surface area contributed by atoms with Crippen molar-refractivity contribution >= 4 is 6.21 Å². The molecule has 0 radical (unpaired) electrons. The Morgan fingerprint density at radius 2 is 1.44 bits per heavy atom. The maximum Gasteiger partial charge on any atom is 0 e. The van der Waals surface area contributed by atoms with E-state index < -0.39 is 0 Å². The van der Waals surface area contributed by atoms with Gasteiger partial charge in [0, 0.05) is 29.8 Å². The van der Waals surface area contributed by atoms with Crippen LogP contribution in [0.15, 0.2) is 29.3 Å². The van der Waals surface area contributed by atoms with Crippen molar-refractivity contribution in [2.45, 2.75) is 26.7 Å². The summed E-state index contributed by atoms with van der Waals surface area (Å²) in [5, 5.41) is 0. The van der Waals surface area contributed by atoms with E-state index in [2.05, 4.69) is 31.9 Å². The molecule has 0 aliphatic rings. The van der Waals surface area contributed by atoms with Crippen LogP contribution in [0.2, 0.25) is 0 Å². The molecule has 5 heteroatoms. The van der Waals surface area contributed by atoms with Gasteiger partial charge in [-0.15, -0.1) is 0 Å². The molecule has 0 saturated carbocycles. The van der Waals surface area contributed by atoms with Crippen LogP contribution in [-0.4, -0.2) is 12.8 Å². The number of nitrogens with zero attached hydrogens (tertiary/aromatic N) is 1. The normalized spacial score (nSPS) is 8.00. The summed E-state index contributed by atoms with van der Waals surface area (Å²) >= 11 is 0. The molecule has 0 amide bonds. The summed E-state index contributed by atoms with van der Waals surface area (Å²) in [5.41, 5.74) is 0. The Kier molecular flexibility index (Phi) is 94.8. The molecule has 0 aliphatic carbocycles. The van der Waals surface area contributed by atoms with Gasteiger partial charge < -0.3 is 0 Å². The van der Waals surface area contributed by atoms with Gasteiger partial charge in [0.1, 0.15) is 0 Å². The number of rotatable bonds is 5. The third-order valence-electron chi connectivity index (χ3n) is 1.25. The van der Waals surface area contributed by atoms with Crippen molar-refractivity contribution in [3.8, 4) is 0 Å². The average molecular weight is 291 g/mol. The van der Waals surface area contributed by atoms with E-state index in [1.807, 2.05) is 37.4 Å². The summed E-state index contributed by atoms with van der Waals surface area (Å²) in [6, 6.07) is 0. The first-order valence-corrected chi connectivity index (χ1v) is 4.80. The molecule has 0 rings (SSSR count). The summed E-state index contributed by atoms with van der Waals surface area (Å²) in [6.45, 7) is 18.6. The molecule has 0 unspecified atom stereocenters. The van der Waals surface area contributed by atoms with E-state index in [4.69, 9.17) is 14.0 Å². The van der Waals surface area contributed by atoms with Crippen molar-refractivity contribution < 1.29 is 31.0 Å². The molecule has 0 aliphatic heterocycles. The van der Waals surface area contributed by atoms with Crippen molar-refractivity contribution in [2.24, 2.45) is 4.99 Å². The van der Waals surface area contributed by atoms with E-state index in [0.29, 0.717) is 0 Å². The van der Waals surface area contributed by atoms with Crippen LogP contribution >= 0.6 is 0 Å². The summed E-state index contributed by atoms with van der Waals surface area (Å²) in [7, 11) is 0. The van der Waals surface area contributed by atoms with Crippen LogP contribution in [0, 0.1) is 20.0 Å². The largest absolute Gasteiger partial charge is 0 e. The number of hydrogen-bond acceptors (Lipinski definition) is 1. The van der Waals surface area contributed by atoms with Gasteiger partial charge in [0.2, 0.25) is 0 Å². The Morgan fingerprint density at radius 3 is 1.83 bits per heavy atom. The van der Waals surface area contributed by atoms with Gasteiger partial charge in [-0.3, -0.25) is 4.99 Å². The molecule has 100 valence electrons. The molecule has 0 aromatic heterocycles. The van der Waals surface area contributed by atoms with Crippen LogP contribution in [-0.2, 0) is 31.0 Å². The standard InChI is InChI=1S/C10H17N.3CO.Fe/c1-3-5-7-8-10-11-9-6-4-2;3*1-2;/h3,5,7-8,10H,4,6,9H2,1-2H3;;;;/b5-3+,8-7+,11-10?;;;;. The molecule has 18 heavy (non-hydrogen) atoms. The zero-order valence-corrected chi connectivity index (χ0v) is 11.6. The molecule has 0 atom stereocenters. The number of aliphatic imine (C=N–C) groups is 1. The minimum absolute atomic E-state index is 0. The Labute approximate surface area is 120 Å². The molecule has 0 fully saturated rings. The molecule has 0 bridgehead atoms. The van der Waals surface area contributed by atoms with Crippen LogP contribution in [0.1, 0.15) is 26.7 Å². The fourth-order valence-corrected chi connectivity index (χ4v) is 0.610. The summed E-state index contributed by atoms with van der Waals surface area (Å²) in [5.74, 6) is 0. The third-order valence-corrected chi connectivity index (χ3v) is 1.25. The van der Waals surface area contributed by atoms with E-state index in [9.17, 15) is 0 Å². The number of allylic oxidation sites excluding steroid dienone is 4. The van der Waals surface area contributed by atoms with Gasteiger partial charge in [-0.1, -0.05) is 31.6 Å². The Balaban J connectivity index is -0.0000000700. The van der Waals surface area contributed by atoms with Gasteiger partial charge in [-0.05, 0) is 19.4 Å². The average Bonchev–Trinajstić information content (AvgIpc) is 2.45. The minimum Gasteiger partial charge on any atom is 0 e. The molecule has 0 spiro atoms. The smallest absolute Gasteiger partial charge is 0 e. The van der Waals surface area contributed by atoms with Crippen molar-refractivity contribution in [1.82, 2.24) is 0 Å². The molecule has 0 aromatic carbocycles. The zero-order valence-electron chi connectivity index (χ0n) is 10.5. The van der Waals surface area contributed by atoms with Crippen LogP contribution < -0.4 is 0 Å². The first-order chi connectivity index (χ1) is 8.41. The van der Waals surface area contributed by atoms with E-state index in [0.717, 1.165) is 6.54 Å². The summed E-state index contributed by atoms with van der Waals surface area (Å²) in [6.07, 6.45) is 12.2. The van der Waals surface area contributed by atoms with Gasteiger partial charge in [0.15, 0.2) is 0 Å². The molecular weight excluding hydrogens is 274 g/mol. The van der Waals surface area contributed by atoms with E-state index >= 15 is 0 Å². The molecule has 0 N–H and O–H groups in total. The van der Waals surface area contributed by atoms with Crippen molar-refractivity contribution in [3.63, 3.8) is 0 Å². The predicted octanol–water partition coefficient (Wildman–Crippen LogP) is 2.87. The number of hydrogen-bond donors (Lipinski definition) is 0. The second kappa shape index (κ2) is 56.6. The van der Waals surface area contributed by atoms with Crippen molar-refractivity contribution in [2.75, 3.05) is 6.54 Å². The quantitative estimate of drug-likeness (QED) is 0.187. The molecule has 0 aromatic rings. The Bertz CT molecular complexity index is 238. The topological polar surface area (TPSA) is 72.1 Å². The maximum atomic E-state index is 7.50. The van der Waals surface area contributed by atoms with Crippen LogP contribution in [0.4, 0.5) is 0 Å². The van der Waals surface area contributed by atoms with Gasteiger partial charge in [0.05, 0.1) is 0 Å². The maximum absolute atomic E-state index is 7.50. The SMILES string of the molecule is C/C=C/C=C/C=NCCCC.[C-]#[O+].[C-]#[O+].[C-]#[O+].[Fe]. The Hall–Kier alpha value is -1.11. The molecule has 0 heterocycles. The molecule has 4 nitrogen and oxygen atoms in total. The van der Waals surface area contributed by atoms with Crippen LogP contribution in [0.5, 0.6) is 0 Å². The summed E-state index contributed by atoms with van der Waals surface area (Å²) in [4.78, 5) is 4.19. The van der Waals surface area contributed by atoms with E-state index in [-0.39, 0.29) is 17.1 Å². The van der Waals surface area contributed by atoms with Crippen LogP contribution in [0.25, 0.3) is 0 Å². The van der Waals surface area contributed by atoms with Gasteiger partial charge in [0.25, 0.3) is 0 Å². The van der Waals surface area contributed by atoms with Crippen LogP contribution in [0.3, 0.4) is 0 Å². The second-order valence-corrected chi connectivity index (χ2v) is 2.32. The molecule has 0 saturated heterocycles. The van der Waals surface area contributed by atoms with E-state index in [1.165, 1.54) is 12.8 Å². The first kappa shape index (κ1) is 30.2. The fraction of sp³-hybridized carbons (Fsp3) is 0.385. The number of unbranched alkanes of at least 4 members (excludes halogenated alkanes) is 1. The first-order valence-electron chi connectivity index (χ1n) is 4.80. The van der Waals surface area contributed by atoms with Gasteiger partial charge in [-0.25, -0.2) is 0 Å². The van der Waals surface area contributed by atoms with Gasteiger partial charge >= 0.3 is 33.9 Å². The Morgan fingerprint density at radius 1 is 0.944 bits per heavy atom. The zero-order chi connectivity index (χ0) is 14.4. The second-order valence-electron chi connectivity index (χ2n) is 2.32.